The average Bonchev–Trinajstić information content (AvgIpc) is 3.73. The molecule has 2 aromatic heterocycles. The SMILES string of the molecule is CC1C2C(c3cc(-n4c5ccc(-c6ccccc6)cc5c5cc6c7c8ccccc8ccc7n(-c7ccc8ccccc8c7)c6cc54)c4ccccc4c3)=NC(c3ccccc3)=NC12c1ccccc1. The first-order valence-corrected chi connectivity index (χ1v) is 24.4. The Kier molecular flexibility index (Phi) is 8.29. The molecule has 1 aliphatic heterocycles. The van der Waals surface area contributed by atoms with Crippen LogP contribution in [0.25, 0.3) is 98.4 Å². The fraction of sp³-hybridized carbons (Fsp3) is 0.0606. The second-order valence-electron chi connectivity index (χ2n) is 19.3. The highest BCUT2D eigenvalue weighted by atomic mass is 15.1. The number of aliphatic imine (C=N–C) groups is 2. The van der Waals surface area contributed by atoms with Crippen LogP contribution in [0.4, 0.5) is 0 Å². The molecular weight excluding hydrogens is 849 g/mol. The number of benzene rings is 11. The maximum Gasteiger partial charge on any atom is 0.155 e. The van der Waals surface area contributed by atoms with Gasteiger partial charge in [-0.25, -0.2) is 4.99 Å². The Morgan fingerprint density at radius 3 is 1.81 bits per heavy atom. The van der Waals surface area contributed by atoms with Crippen LogP contribution in [0.3, 0.4) is 0 Å². The summed E-state index contributed by atoms with van der Waals surface area (Å²) in [7, 11) is 0. The molecule has 4 nitrogen and oxygen atoms in total. The Labute approximate surface area is 404 Å². The molecule has 3 heterocycles. The maximum absolute atomic E-state index is 5.58. The monoisotopic (exact) mass is 892 g/mol. The zero-order valence-corrected chi connectivity index (χ0v) is 38.5. The molecule has 0 bridgehead atoms. The Morgan fingerprint density at radius 1 is 0.386 bits per heavy atom. The lowest BCUT2D eigenvalue weighted by Gasteiger charge is -2.22. The summed E-state index contributed by atoms with van der Waals surface area (Å²) in [6.45, 7) is 2.35. The molecule has 0 amide bonds. The molecule has 11 aromatic carbocycles. The summed E-state index contributed by atoms with van der Waals surface area (Å²) >= 11 is 0. The first kappa shape index (κ1) is 39.2. The summed E-state index contributed by atoms with van der Waals surface area (Å²) in [5, 5.41) is 12.2. The fourth-order valence-corrected chi connectivity index (χ4v) is 12.3. The number of fused-ring (bicyclic) bond motifs is 11. The van der Waals surface area contributed by atoms with Gasteiger partial charge in [0.05, 0.1) is 33.5 Å². The first-order chi connectivity index (χ1) is 34.6. The van der Waals surface area contributed by atoms with Crippen LogP contribution in [-0.4, -0.2) is 20.7 Å². The second kappa shape index (κ2) is 14.8. The van der Waals surface area contributed by atoms with E-state index < -0.39 is 5.54 Å². The minimum Gasteiger partial charge on any atom is -0.309 e. The molecule has 328 valence electrons. The molecule has 70 heavy (non-hydrogen) atoms. The molecule has 4 heteroatoms. The maximum atomic E-state index is 5.58. The quantitative estimate of drug-likeness (QED) is 0.159. The van der Waals surface area contributed by atoms with Crippen LogP contribution < -0.4 is 0 Å². The van der Waals surface area contributed by atoms with Crippen LogP contribution >= 0.6 is 0 Å². The van der Waals surface area contributed by atoms with Gasteiger partial charge in [0.2, 0.25) is 0 Å². The summed E-state index contributed by atoms with van der Waals surface area (Å²) in [4.78, 5) is 11.1. The van der Waals surface area contributed by atoms with Crippen molar-refractivity contribution in [3.63, 3.8) is 0 Å². The van der Waals surface area contributed by atoms with Crippen molar-refractivity contribution in [1.29, 1.82) is 0 Å². The highest BCUT2D eigenvalue weighted by molar-refractivity contribution is 6.26. The molecule has 0 saturated heterocycles. The van der Waals surface area contributed by atoms with Crippen molar-refractivity contribution in [2.45, 2.75) is 12.5 Å². The van der Waals surface area contributed by atoms with Crippen molar-refractivity contribution in [2.24, 2.45) is 21.8 Å². The summed E-state index contributed by atoms with van der Waals surface area (Å²) in [5.41, 5.74) is 13.4. The molecule has 13 aromatic rings. The van der Waals surface area contributed by atoms with Crippen LogP contribution in [0, 0.1) is 11.8 Å². The largest absolute Gasteiger partial charge is 0.309 e. The summed E-state index contributed by atoms with van der Waals surface area (Å²) in [6.07, 6.45) is 0. The van der Waals surface area contributed by atoms with Gasteiger partial charge in [-0.2, -0.15) is 0 Å². The number of aromatic nitrogens is 2. The van der Waals surface area contributed by atoms with Gasteiger partial charge in [0.25, 0.3) is 0 Å². The van der Waals surface area contributed by atoms with Gasteiger partial charge in [-0.15, -0.1) is 0 Å². The zero-order chi connectivity index (χ0) is 46.1. The fourth-order valence-electron chi connectivity index (χ4n) is 12.3. The van der Waals surface area contributed by atoms with E-state index >= 15 is 0 Å². The average molecular weight is 893 g/mol. The van der Waals surface area contributed by atoms with Crippen LogP contribution in [0.15, 0.2) is 247 Å². The van der Waals surface area contributed by atoms with Gasteiger partial charge in [-0.3, -0.25) is 4.99 Å². The molecular formula is C66H44N4. The molecule has 1 aliphatic carbocycles. The second-order valence-corrected chi connectivity index (χ2v) is 19.3. The highest BCUT2D eigenvalue weighted by Gasteiger charge is 2.67. The first-order valence-electron chi connectivity index (χ1n) is 24.4. The third-order valence-electron chi connectivity index (χ3n) is 15.7. The van der Waals surface area contributed by atoms with Gasteiger partial charge in [-0.05, 0) is 110 Å². The van der Waals surface area contributed by atoms with E-state index in [-0.39, 0.29) is 11.8 Å². The third kappa shape index (κ3) is 5.65. The molecule has 15 rings (SSSR count). The van der Waals surface area contributed by atoms with Crippen molar-refractivity contribution in [2.75, 3.05) is 0 Å². The summed E-state index contributed by atoms with van der Waals surface area (Å²) < 4.78 is 5.04. The summed E-state index contributed by atoms with van der Waals surface area (Å²) in [5.74, 6) is 1.17. The van der Waals surface area contributed by atoms with Gasteiger partial charge < -0.3 is 9.13 Å². The third-order valence-corrected chi connectivity index (χ3v) is 15.7. The van der Waals surface area contributed by atoms with E-state index in [2.05, 4.69) is 253 Å². The lowest BCUT2D eigenvalue weighted by molar-refractivity contribution is 0.656. The Hall–Kier alpha value is -8.86. The molecule has 0 spiro atoms. The molecule has 0 radical (unpaired) electrons. The Morgan fingerprint density at radius 2 is 1.01 bits per heavy atom. The predicted molar refractivity (Wildman–Crippen MR) is 293 cm³/mol. The topological polar surface area (TPSA) is 34.6 Å². The smallest absolute Gasteiger partial charge is 0.155 e. The lowest BCUT2D eigenvalue weighted by Crippen LogP contribution is -2.23. The van der Waals surface area contributed by atoms with Crippen molar-refractivity contribution in [3.8, 4) is 22.5 Å². The Balaban J connectivity index is 1.05. The van der Waals surface area contributed by atoms with E-state index in [0.29, 0.717) is 0 Å². The van der Waals surface area contributed by atoms with Crippen molar-refractivity contribution < 1.29 is 0 Å². The molecule has 0 N–H and O–H groups in total. The Bertz CT molecular complexity index is 4370. The van der Waals surface area contributed by atoms with Gasteiger partial charge in [0, 0.05) is 44.1 Å². The van der Waals surface area contributed by atoms with E-state index in [1.807, 2.05) is 0 Å². The van der Waals surface area contributed by atoms with Crippen molar-refractivity contribution in [1.82, 2.24) is 9.13 Å². The van der Waals surface area contributed by atoms with Crippen molar-refractivity contribution in [3.05, 3.63) is 253 Å². The number of rotatable bonds is 6. The molecule has 1 saturated carbocycles. The number of hydrogen-bond acceptors (Lipinski definition) is 2. The van der Waals surface area contributed by atoms with Crippen molar-refractivity contribution >= 4 is 87.5 Å². The number of hydrogen-bond donors (Lipinski definition) is 0. The normalized spacial score (nSPS) is 17.7. The molecule has 3 unspecified atom stereocenters. The van der Waals surface area contributed by atoms with Gasteiger partial charge in [0.1, 0.15) is 5.54 Å². The van der Waals surface area contributed by atoms with E-state index in [9.17, 15) is 0 Å². The van der Waals surface area contributed by atoms with E-state index in [1.165, 1.54) is 81.6 Å². The van der Waals surface area contributed by atoms with E-state index in [1.54, 1.807) is 0 Å². The summed E-state index contributed by atoms with van der Waals surface area (Å²) in [6, 6.07) is 86.9. The molecule has 1 fully saturated rings. The number of amidine groups is 1. The minimum absolute atomic E-state index is 0.120. The minimum atomic E-state index is -0.401. The van der Waals surface area contributed by atoms with E-state index in [4.69, 9.17) is 9.98 Å². The van der Waals surface area contributed by atoms with Crippen LogP contribution in [0.2, 0.25) is 0 Å². The van der Waals surface area contributed by atoms with Crippen LogP contribution in [0.5, 0.6) is 0 Å². The van der Waals surface area contributed by atoms with E-state index in [0.717, 1.165) is 45.1 Å². The van der Waals surface area contributed by atoms with Gasteiger partial charge >= 0.3 is 0 Å². The van der Waals surface area contributed by atoms with Crippen LogP contribution in [0.1, 0.15) is 23.6 Å². The zero-order valence-electron chi connectivity index (χ0n) is 38.5. The highest BCUT2D eigenvalue weighted by Crippen LogP contribution is 2.64. The lowest BCUT2D eigenvalue weighted by atomic mass is 9.93. The molecule has 2 aliphatic rings. The molecule has 3 atom stereocenters. The van der Waals surface area contributed by atoms with Crippen LogP contribution in [-0.2, 0) is 5.54 Å². The van der Waals surface area contributed by atoms with Gasteiger partial charge in [0.15, 0.2) is 5.84 Å². The number of nitrogens with zero attached hydrogens (tertiary/aromatic N) is 4. The standard InChI is InChI=1S/C66H44N4/c1-41-63-64(67-65(45-21-7-3-8-22-45)68-66(41,63)50-25-9-4-10-26-50)49-35-48-24-14-15-27-52(48)59(38-49)70-57-33-31-47(42-17-5-2-6-18-42)37-54(57)55-39-56-61(40-60(55)70)69(51-32-29-43-19-11-12-23-46(43)36-51)58-34-30-44-20-13-16-28-53(44)62(56)58/h2-41,63H,1H3. The van der Waals surface area contributed by atoms with Gasteiger partial charge in [-0.1, -0.05) is 189 Å². The predicted octanol–water partition coefficient (Wildman–Crippen LogP) is 16.4.